The van der Waals surface area contributed by atoms with Gasteiger partial charge in [-0.15, -0.1) is 0 Å². The maximum Gasteiger partial charge on any atom is 0.416 e. The molecule has 3 nitrogen and oxygen atoms in total. The summed E-state index contributed by atoms with van der Waals surface area (Å²) in [7, 11) is 0. The van der Waals surface area contributed by atoms with Crippen molar-refractivity contribution < 1.29 is 27.5 Å². The maximum absolute atomic E-state index is 13.9. The lowest BCUT2D eigenvalue weighted by Gasteiger charge is -2.41. The molecule has 38 heavy (non-hydrogen) atoms. The number of aliphatic carboxylic acids is 1. The molecule has 1 unspecified atom stereocenters. The second kappa shape index (κ2) is 9.53. The van der Waals surface area contributed by atoms with Gasteiger partial charge in [0.25, 0.3) is 0 Å². The number of carboxylic acid groups (broad SMARTS) is 1. The Hall–Kier alpha value is -3.19. The third kappa shape index (κ3) is 4.73. The van der Waals surface area contributed by atoms with Crippen molar-refractivity contribution in [1.29, 1.82) is 0 Å². The zero-order valence-electron chi connectivity index (χ0n) is 21.5. The molecule has 0 amide bonds. The molecule has 3 aromatic carbocycles. The highest BCUT2D eigenvalue weighted by molar-refractivity contribution is 5.88. The fraction of sp³-hybridized carbons (Fsp3) is 0.387. The van der Waals surface area contributed by atoms with Crippen molar-refractivity contribution in [3.63, 3.8) is 0 Å². The third-order valence-electron chi connectivity index (χ3n) is 8.28. The van der Waals surface area contributed by atoms with Crippen molar-refractivity contribution >= 4 is 5.97 Å². The molecular formula is C31H31F4NO2. The van der Waals surface area contributed by atoms with Crippen molar-refractivity contribution in [2.45, 2.75) is 57.2 Å². The molecule has 1 saturated carbocycles. The lowest BCUT2D eigenvalue weighted by Crippen LogP contribution is -2.43. The van der Waals surface area contributed by atoms with Crippen molar-refractivity contribution in [1.82, 2.24) is 4.90 Å². The number of rotatable bonds is 6. The summed E-state index contributed by atoms with van der Waals surface area (Å²) in [4.78, 5) is 14.9. The average molecular weight is 526 g/mol. The number of carbonyl (C=O) groups is 1. The predicted molar refractivity (Wildman–Crippen MR) is 138 cm³/mol. The largest absolute Gasteiger partial charge is 0.481 e. The number of nitrogens with zero attached hydrogens (tertiary/aromatic N) is 1. The minimum absolute atomic E-state index is 0.0562. The van der Waals surface area contributed by atoms with E-state index in [4.69, 9.17) is 0 Å². The van der Waals surface area contributed by atoms with E-state index in [9.17, 15) is 27.5 Å². The van der Waals surface area contributed by atoms with Crippen LogP contribution in [0.25, 0.3) is 11.1 Å². The van der Waals surface area contributed by atoms with Crippen LogP contribution in [0, 0.1) is 11.2 Å². The fourth-order valence-corrected chi connectivity index (χ4v) is 6.08. The Bertz CT molecular complexity index is 1330. The Kier molecular flexibility index (Phi) is 6.62. The van der Waals surface area contributed by atoms with Gasteiger partial charge in [-0.2, -0.15) is 13.2 Å². The van der Waals surface area contributed by atoms with Crippen LogP contribution in [0.2, 0.25) is 0 Å². The molecule has 0 radical (unpaired) electrons. The van der Waals surface area contributed by atoms with Gasteiger partial charge in [-0.05, 0) is 83.3 Å². The first-order valence-electron chi connectivity index (χ1n) is 13.0. The monoisotopic (exact) mass is 525 g/mol. The number of benzene rings is 3. The first kappa shape index (κ1) is 26.4. The summed E-state index contributed by atoms with van der Waals surface area (Å²) in [5, 5.41) is 10.3. The Morgan fingerprint density at radius 1 is 0.947 bits per heavy atom. The Balaban J connectivity index is 1.75. The van der Waals surface area contributed by atoms with Crippen LogP contribution in [0.15, 0.2) is 66.7 Å². The van der Waals surface area contributed by atoms with Gasteiger partial charge in [0.1, 0.15) is 5.82 Å². The second-order valence-electron chi connectivity index (χ2n) is 11.4. The number of likely N-dealkylation sites (tertiary alicyclic amines) is 1. The SMILES string of the molecule is CC1(C)CCN(C(c2ccc(F)cc2)c2cccc(C3(C(=O)O)CCC3)c2-c2ccc(C(F)(F)F)cc2)C1. The van der Waals surface area contributed by atoms with Crippen LogP contribution in [0.5, 0.6) is 0 Å². The number of alkyl halides is 3. The Morgan fingerprint density at radius 2 is 1.61 bits per heavy atom. The van der Waals surface area contributed by atoms with Crippen LogP contribution in [-0.4, -0.2) is 29.1 Å². The number of halogens is 4. The molecule has 1 heterocycles. The molecule has 1 N–H and O–H groups in total. The van der Waals surface area contributed by atoms with Gasteiger partial charge < -0.3 is 5.11 Å². The highest BCUT2D eigenvalue weighted by Gasteiger charge is 2.48. The van der Waals surface area contributed by atoms with E-state index in [2.05, 4.69) is 18.7 Å². The summed E-state index contributed by atoms with van der Waals surface area (Å²) >= 11 is 0. The van der Waals surface area contributed by atoms with Gasteiger partial charge in [-0.3, -0.25) is 9.69 Å². The van der Waals surface area contributed by atoms with E-state index in [1.807, 2.05) is 12.1 Å². The molecule has 1 atom stereocenters. The lowest BCUT2D eigenvalue weighted by molar-refractivity contribution is -0.147. The van der Waals surface area contributed by atoms with E-state index >= 15 is 0 Å². The molecule has 200 valence electrons. The summed E-state index contributed by atoms with van der Waals surface area (Å²) in [5.41, 5.74) is 1.70. The molecular weight excluding hydrogens is 494 g/mol. The normalized spacial score (nSPS) is 19.6. The predicted octanol–water partition coefficient (Wildman–Crippen LogP) is 7.84. The fourth-order valence-electron chi connectivity index (χ4n) is 6.08. The van der Waals surface area contributed by atoms with E-state index in [0.717, 1.165) is 49.2 Å². The summed E-state index contributed by atoms with van der Waals surface area (Å²) in [5.74, 6) is -1.28. The number of carboxylic acids is 1. The summed E-state index contributed by atoms with van der Waals surface area (Å²) < 4.78 is 54.1. The van der Waals surface area contributed by atoms with Gasteiger partial charge >= 0.3 is 12.1 Å². The molecule has 2 aliphatic rings. The van der Waals surface area contributed by atoms with Gasteiger partial charge in [-0.25, -0.2) is 4.39 Å². The number of hydrogen-bond donors (Lipinski definition) is 1. The molecule has 1 saturated heterocycles. The van der Waals surface area contributed by atoms with Crippen molar-refractivity contribution in [3.8, 4) is 11.1 Å². The van der Waals surface area contributed by atoms with Crippen molar-refractivity contribution in [2.24, 2.45) is 5.41 Å². The quantitative estimate of drug-likeness (QED) is 0.333. The molecule has 5 rings (SSSR count). The molecule has 2 fully saturated rings. The van der Waals surface area contributed by atoms with Gasteiger partial charge in [-0.1, -0.05) is 62.7 Å². The molecule has 1 aliphatic heterocycles. The third-order valence-corrected chi connectivity index (χ3v) is 8.28. The van der Waals surface area contributed by atoms with Crippen LogP contribution in [-0.2, 0) is 16.4 Å². The summed E-state index contributed by atoms with van der Waals surface area (Å²) in [6, 6.07) is 16.6. The van der Waals surface area contributed by atoms with Crippen molar-refractivity contribution in [3.05, 3.63) is 94.8 Å². The highest BCUT2D eigenvalue weighted by Crippen LogP contribution is 2.51. The summed E-state index contributed by atoms with van der Waals surface area (Å²) in [6.45, 7) is 5.94. The zero-order valence-corrected chi connectivity index (χ0v) is 21.5. The average Bonchev–Trinajstić information content (AvgIpc) is 3.18. The topological polar surface area (TPSA) is 40.5 Å². The van der Waals surface area contributed by atoms with Gasteiger partial charge in [0.2, 0.25) is 0 Å². The molecule has 0 spiro atoms. The van der Waals surface area contributed by atoms with E-state index in [1.165, 1.54) is 24.3 Å². The number of hydrogen-bond acceptors (Lipinski definition) is 2. The van der Waals surface area contributed by atoms with E-state index in [0.29, 0.717) is 29.5 Å². The van der Waals surface area contributed by atoms with E-state index in [1.54, 1.807) is 18.2 Å². The van der Waals surface area contributed by atoms with E-state index in [-0.39, 0.29) is 17.3 Å². The van der Waals surface area contributed by atoms with Gasteiger partial charge in [0, 0.05) is 6.54 Å². The van der Waals surface area contributed by atoms with Gasteiger partial charge in [0.15, 0.2) is 0 Å². The molecule has 0 bridgehead atoms. The first-order chi connectivity index (χ1) is 17.9. The standard InChI is InChI=1S/C31H31F4NO2/c1-29(2)17-18-36(19-29)27(21-9-13-23(32)14-10-21)24-5-3-6-25(30(28(37)38)15-4-16-30)26(24)20-7-11-22(12-8-20)31(33,34)35/h3,5-14,27H,4,15-19H2,1-2H3,(H,37,38). The summed E-state index contributed by atoms with van der Waals surface area (Å²) in [6.07, 6.45) is -1.81. The smallest absolute Gasteiger partial charge is 0.416 e. The maximum atomic E-state index is 13.9. The van der Waals surface area contributed by atoms with Gasteiger partial charge in [0.05, 0.1) is 17.0 Å². The molecule has 1 aliphatic carbocycles. The van der Waals surface area contributed by atoms with Crippen LogP contribution in [0.4, 0.5) is 17.6 Å². The lowest BCUT2D eigenvalue weighted by atomic mass is 9.62. The molecule has 7 heteroatoms. The molecule has 3 aromatic rings. The highest BCUT2D eigenvalue weighted by atomic mass is 19.4. The van der Waals surface area contributed by atoms with Crippen molar-refractivity contribution in [2.75, 3.05) is 13.1 Å². The van der Waals surface area contributed by atoms with Crippen LogP contribution >= 0.6 is 0 Å². The minimum Gasteiger partial charge on any atom is -0.481 e. The van der Waals surface area contributed by atoms with Crippen LogP contribution < -0.4 is 0 Å². The minimum atomic E-state index is -4.48. The van der Waals surface area contributed by atoms with Crippen LogP contribution in [0.1, 0.15) is 67.8 Å². The first-order valence-corrected chi connectivity index (χ1v) is 13.0. The Labute approximate surface area is 220 Å². The van der Waals surface area contributed by atoms with E-state index < -0.39 is 23.1 Å². The second-order valence-corrected chi connectivity index (χ2v) is 11.4. The van der Waals surface area contributed by atoms with Crippen LogP contribution in [0.3, 0.4) is 0 Å². The Morgan fingerprint density at radius 3 is 2.11 bits per heavy atom. The zero-order chi connectivity index (χ0) is 27.3. The molecule has 0 aromatic heterocycles.